The number of carbonyl (C=O) groups is 2. The van der Waals surface area contributed by atoms with Crippen LogP contribution in [0.5, 0.6) is 0 Å². The summed E-state index contributed by atoms with van der Waals surface area (Å²) in [5, 5.41) is 7.00. The van der Waals surface area contributed by atoms with E-state index in [1.165, 1.54) is 5.56 Å². The Morgan fingerprint density at radius 2 is 1.86 bits per heavy atom. The molecule has 0 radical (unpaired) electrons. The Morgan fingerprint density at radius 3 is 2.64 bits per heavy atom. The van der Waals surface area contributed by atoms with Gasteiger partial charge in [-0.15, -0.1) is 0 Å². The molecular formula is C22H22N4O2. The molecule has 3 aromatic rings. The standard InChI is InChI=1S/C22H22N4O2/c1-15-7-9-17(10-8-15)20-13-18(24-25(20)2)22(28)23-14-21(27)26-12-11-16-5-3-4-6-19(16)26/h3-10,13H,11-12,14H2,1-2H3,(H,23,28). The molecule has 142 valence electrons. The van der Waals surface area contributed by atoms with Gasteiger partial charge < -0.3 is 10.2 Å². The Balaban J connectivity index is 1.43. The molecule has 1 aliphatic rings. The maximum atomic E-state index is 12.6. The third kappa shape index (κ3) is 3.41. The molecule has 0 spiro atoms. The molecule has 0 saturated carbocycles. The van der Waals surface area contributed by atoms with Crippen LogP contribution in [0.3, 0.4) is 0 Å². The van der Waals surface area contributed by atoms with Crippen LogP contribution in [0, 0.1) is 6.92 Å². The van der Waals surface area contributed by atoms with E-state index >= 15 is 0 Å². The van der Waals surface area contributed by atoms with Gasteiger partial charge in [0.2, 0.25) is 5.91 Å². The largest absolute Gasteiger partial charge is 0.342 e. The summed E-state index contributed by atoms with van der Waals surface area (Å²) < 4.78 is 1.68. The summed E-state index contributed by atoms with van der Waals surface area (Å²) in [4.78, 5) is 26.8. The average Bonchev–Trinajstić information content (AvgIpc) is 3.30. The normalized spacial score (nSPS) is 12.7. The van der Waals surface area contributed by atoms with Gasteiger partial charge in [-0.1, -0.05) is 48.0 Å². The van der Waals surface area contributed by atoms with Crippen LogP contribution in [0.4, 0.5) is 5.69 Å². The smallest absolute Gasteiger partial charge is 0.272 e. The summed E-state index contributed by atoms with van der Waals surface area (Å²) in [7, 11) is 1.80. The minimum atomic E-state index is -0.352. The van der Waals surface area contributed by atoms with Crippen molar-refractivity contribution in [1.82, 2.24) is 15.1 Å². The van der Waals surface area contributed by atoms with E-state index in [0.29, 0.717) is 12.2 Å². The lowest BCUT2D eigenvalue weighted by molar-refractivity contribution is -0.117. The van der Waals surface area contributed by atoms with E-state index in [4.69, 9.17) is 0 Å². The lowest BCUT2D eigenvalue weighted by Crippen LogP contribution is -2.39. The zero-order valence-corrected chi connectivity index (χ0v) is 16.0. The highest BCUT2D eigenvalue weighted by molar-refractivity contribution is 6.01. The zero-order valence-electron chi connectivity index (χ0n) is 16.0. The second-order valence-corrected chi connectivity index (χ2v) is 7.01. The molecule has 6 heteroatoms. The van der Waals surface area contributed by atoms with E-state index in [-0.39, 0.29) is 18.4 Å². The summed E-state index contributed by atoms with van der Waals surface area (Å²) in [6.07, 6.45) is 0.843. The molecule has 2 heterocycles. The number of rotatable bonds is 4. The minimum Gasteiger partial charge on any atom is -0.342 e. The van der Waals surface area contributed by atoms with Crippen molar-refractivity contribution >= 4 is 17.5 Å². The van der Waals surface area contributed by atoms with Crippen molar-refractivity contribution in [2.45, 2.75) is 13.3 Å². The molecule has 2 amide bonds. The number of aryl methyl sites for hydroxylation is 2. The highest BCUT2D eigenvalue weighted by atomic mass is 16.2. The molecule has 1 N–H and O–H groups in total. The van der Waals surface area contributed by atoms with Crippen LogP contribution in [0.1, 0.15) is 21.6 Å². The molecule has 0 fully saturated rings. The average molecular weight is 374 g/mol. The summed E-state index contributed by atoms with van der Waals surface area (Å²) >= 11 is 0. The molecule has 1 aromatic heterocycles. The van der Waals surface area contributed by atoms with Gasteiger partial charge >= 0.3 is 0 Å². The number of nitrogens with one attached hydrogen (secondary N) is 1. The van der Waals surface area contributed by atoms with Crippen molar-refractivity contribution in [3.63, 3.8) is 0 Å². The van der Waals surface area contributed by atoms with Crippen LogP contribution < -0.4 is 10.2 Å². The van der Waals surface area contributed by atoms with Gasteiger partial charge in [-0.25, -0.2) is 0 Å². The van der Waals surface area contributed by atoms with Gasteiger partial charge in [-0.05, 0) is 36.6 Å². The first-order valence-corrected chi connectivity index (χ1v) is 9.30. The van der Waals surface area contributed by atoms with Crippen LogP contribution in [0.25, 0.3) is 11.3 Å². The van der Waals surface area contributed by atoms with E-state index < -0.39 is 0 Å². The Morgan fingerprint density at radius 1 is 1.11 bits per heavy atom. The van der Waals surface area contributed by atoms with Crippen molar-refractivity contribution in [2.24, 2.45) is 7.05 Å². The van der Waals surface area contributed by atoms with E-state index in [2.05, 4.69) is 10.4 Å². The first-order valence-electron chi connectivity index (χ1n) is 9.30. The second-order valence-electron chi connectivity index (χ2n) is 7.01. The molecule has 4 rings (SSSR count). The number of fused-ring (bicyclic) bond motifs is 1. The summed E-state index contributed by atoms with van der Waals surface area (Å²) in [5.41, 5.74) is 5.41. The third-order valence-corrected chi connectivity index (χ3v) is 5.05. The Hall–Kier alpha value is -3.41. The van der Waals surface area contributed by atoms with Gasteiger partial charge in [0.1, 0.15) is 0 Å². The zero-order chi connectivity index (χ0) is 19.7. The molecule has 2 aromatic carbocycles. The van der Waals surface area contributed by atoms with Gasteiger partial charge in [-0.3, -0.25) is 14.3 Å². The van der Waals surface area contributed by atoms with E-state index in [9.17, 15) is 9.59 Å². The predicted molar refractivity (Wildman–Crippen MR) is 108 cm³/mol. The Bertz CT molecular complexity index is 1040. The predicted octanol–water partition coefficient (Wildman–Crippen LogP) is 2.71. The topological polar surface area (TPSA) is 67.2 Å². The summed E-state index contributed by atoms with van der Waals surface area (Å²) in [6.45, 7) is 2.63. The first-order chi connectivity index (χ1) is 13.5. The van der Waals surface area contributed by atoms with Gasteiger partial charge in [0, 0.05) is 19.3 Å². The second kappa shape index (κ2) is 7.31. The fraction of sp³-hybridized carbons (Fsp3) is 0.227. The van der Waals surface area contributed by atoms with Gasteiger partial charge in [-0.2, -0.15) is 5.10 Å². The lowest BCUT2D eigenvalue weighted by Gasteiger charge is -2.17. The van der Waals surface area contributed by atoms with Gasteiger partial charge in [0.15, 0.2) is 5.69 Å². The van der Waals surface area contributed by atoms with E-state index in [1.54, 1.807) is 22.7 Å². The number of amides is 2. The summed E-state index contributed by atoms with van der Waals surface area (Å²) in [6, 6.07) is 17.7. The van der Waals surface area contributed by atoms with Crippen LogP contribution in [0.2, 0.25) is 0 Å². The number of para-hydroxylation sites is 1. The maximum absolute atomic E-state index is 12.6. The number of carbonyl (C=O) groups excluding carboxylic acids is 2. The number of benzene rings is 2. The fourth-order valence-corrected chi connectivity index (χ4v) is 3.51. The molecule has 0 unspecified atom stereocenters. The highest BCUT2D eigenvalue weighted by Gasteiger charge is 2.24. The van der Waals surface area contributed by atoms with E-state index in [0.717, 1.165) is 28.9 Å². The lowest BCUT2D eigenvalue weighted by atomic mass is 10.1. The van der Waals surface area contributed by atoms with Gasteiger partial charge in [0.25, 0.3) is 5.91 Å². The van der Waals surface area contributed by atoms with Crippen molar-refractivity contribution in [2.75, 3.05) is 18.0 Å². The first kappa shape index (κ1) is 18.0. The van der Waals surface area contributed by atoms with Crippen LogP contribution in [-0.2, 0) is 18.3 Å². The van der Waals surface area contributed by atoms with Gasteiger partial charge in [0.05, 0.1) is 12.2 Å². The Kier molecular flexibility index (Phi) is 4.69. The molecule has 0 atom stereocenters. The van der Waals surface area contributed by atoms with Crippen molar-refractivity contribution in [3.05, 3.63) is 71.4 Å². The monoisotopic (exact) mass is 374 g/mol. The van der Waals surface area contributed by atoms with E-state index in [1.807, 2.05) is 55.5 Å². The van der Waals surface area contributed by atoms with Crippen molar-refractivity contribution in [3.8, 4) is 11.3 Å². The quantitative estimate of drug-likeness (QED) is 0.764. The van der Waals surface area contributed by atoms with Crippen LogP contribution >= 0.6 is 0 Å². The molecule has 0 aliphatic carbocycles. The maximum Gasteiger partial charge on any atom is 0.272 e. The van der Waals surface area contributed by atoms with Crippen LogP contribution in [0.15, 0.2) is 54.6 Å². The molecule has 1 aliphatic heterocycles. The molecular weight excluding hydrogens is 352 g/mol. The Labute approximate surface area is 163 Å². The van der Waals surface area contributed by atoms with Crippen LogP contribution in [-0.4, -0.2) is 34.7 Å². The molecule has 6 nitrogen and oxygen atoms in total. The SMILES string of the molecule is Cc1ccc(-c2cc(C(=O)NCC(=O)N3CCc4ccccc43)nn2C)cc1. The number of hydrogen-bond donors (Lipinski definition) is 1. The number of anilines is 1. The summed E-state index contributed by atoms with van der Waals surface area (Å²) in [5.74, 6) is -0.470. The highest BCUT2D eigenvalue weighted by Crippen LogP contribution is 2.27. The number of aromatic nitrogens is 2. The molecule has 0 saturated heterocycles. The fourth-order valence-electron chi connectivity index (χ4n) is 3.51. The van der Waals surface area contributed by atoms with Crippen molar-refractivity contribution in [1.29, 1.82) is 0 Å². The van der Waals surface area contributed by atoms with Crippen molar-refractivity contribution < 1.29 is 9.59 Å². The molecule has 28 heavy (non-hydrogen) atoms. The minimum absolute atomic E-state index is 0.0520. The third-order valence-electron chi connectivity index (χ3n) is 5.05. The number of hydrogen-bond acceptors (Lipinski definition) is 3. The number of nitrogens with zero attached hydrogens (tertiary/aromatic N) is 3. The molecule has 0 bridgehead atoms.